The van der Waals surface area contributed by atoms with E-state index in [9.17, 15) is 14.0 Å². The lowest BCUT2D eigenvalue weighted by Gasteiger charge is -2.29. The predicted molar refractivity (Wildman–Crippen MR) is 103 cm³/mol. The minimum absolute atomic E-state index is 0.0852. The lowest BCUT2D eigenvalue weighted by Crippen LogP contribution is -2.39. The number of hydrogen-bond donors (Lipinski definition) is 2. The number of carbonyl (C=O) groups excluding carboxylic acids is 2. The van der Waals surface area contributed by atoms with Crippen LogP contribution in [0.5, 0.6) is 0 Å². The molecule has 0 bridgehead atoms. The molecule has 28 heavy (non-hydrogen) atoms. The number of primary amides is 1. The molecular weight excluding hydrogens is 361 g/mol. The van der Waals surface area contributed by atoms with Crippen LogP contribution in [0.25, 0.3) is 0 Å². The molecular formula is C21H22FN3O3. The van der Waals surface area contributed by atoms with Crippen molar-refractivity contribution >= 4 is 17.5 Å². The first-order chi connectivity index (χ1) is 13.3. The largest absolute Gasteiger partial charge is 0.391 e. The topological polar surface area (TPSA) is 93.8 Å². The average Bonchev–Trinajstić information content (AvgIpc) is 2.97. The molecule has 1 aliphatic rings. The van der Waals surface area contributed by atoms with E-state index in [2.05, 4.69) is 10.5 Å². The van der Waals surface area contributed by atoms with Crippen molar-refractivity contribution in [3.63, 3.8) is 0 Å². The fourth-order valence-corrected chi connectivity index (χ4v) is 3.24. The lowest BCUT2D eigenvalue weighted by molar-refractivity contribution is -0.117. The molecule has 0 saturated carbocycles. The molecule has 1 heterocycles. The molecule has 0 radical (unpaired) electrons. The van der Waals surface area contributed by atoms with E-state index in [1.165, 1.54) is 12.1 Å². The fourth-order valence-electron chi connectivity index (χ4n) is 3.24. The number of amides is 2. The highest BCUT2D eigenvalue weighted by Gasteiger charge is 2.45. The summed E-state index contributed by atoms with van der Waals surface area (Å²) in [5, 5.41) is 6.87. The van der Waals surface area contributed by atoms with Gasteiger partial charge >= 0.3 is 0 Å². The maximum absolute atomic E-state index is 13.8. The Morgan fingerprint density at radius 2 is 1.96 bits per heavy atom. The standard InChI is InChI=1S/C21H22FN3O3/c1-13-21(2,16-4-3-5-17(22)12-16)19(25-28-13)14-6-8-15(9-7-14)20(27)24-11-10-18(23)26/h3-9,12-13H,10-11H2,1-2H3,(H2,23,26)(H,24,27). The monoisotopic (exact) mass is 383 g/mol. The van der Waals surface area contributed by atoms with E-state index in [0.717, 1.165) is 11.1 Å². The molecule has 2 unspecified atom stereocenters. The second-order valence-corrected chi connectivity index (χ2v) is 6.95. The van der Waals surface area contributed by atoms with Crippen LogP contribution < -0.4 is 11.1 Å². The van der Waals surface area contributed by atoms with Crippen molar-refractivity contribution in [3.8, 4) is 0 Å². The van der Waals surface area contributed by atoms with Gasteiger partial charge in [0.2, 0.25) is 5.91 Å². The Balaban J connectivity index is 1.82. The zero-order valence-electron chi connectivity index (χ0n) is 15.7. The van der Waals surface area contributed by atoms with Crippen molar-refractivity contribution in [2.24, 2.45) is 10.9 Å². The molecule has 2 aromatic rings. The Bertz CT molecular complexity index is 927. The van der Waals surface area contributed by atoms with E-state index in [1.54, 1.807) is 30.3 Å². The van der Waals surface area contributed by atoms with Crippen LogP contribution in [0.3, 0.4) is 0 Å². The van der Waals surface area contributed by atoms with Crippen molar-refractivity contribution in [2.45, 2.75) is 31.8 Å². The highest BCUT2D eigenvalue weighted by Crippen LogP contribution is 2.38. The number of carbonyl (C=O) groups is 2. The van der Waals surface area contributed by atoms with Gasteiger partial charge in [0, 0.05) is 24.1 Å². The summed E-state index contributed by atoms with van der Waals surface area (Å²) in [5.41, 5.74) is 7.11. The molecule has 1 aliphatic heterocycles. The summed E-state index contributed by atoms with van der Waals surface area (Å²) >= 11 is 0. The number of benzene rings is 2. The second kappa shape index (κ2) is 7.80. The van der Waals surface area contributed by atoms with Crippen LogP contribution in [0.1, 0.15) is 41.8 Å². The van der Waals surface area contributed by atoms with Crippen molar-refractivity contribution < 1.29 is 18.8 Å². The van der Waals surface area contributed by atoms with Crippen LogP contribution in [0, 0.1) is 5.82 Å². The van der Waals surface area contributed by atoms with Crippen molar-refractivity contribution in [3.05, 3.63) is 71.0 Å². The molecule has 0 saturated heterocycles. The molecule has 0 aromatic heterocycles. The minimum Gasteiger partial charge on any atom is -0.391 e. The molecule has 3 rings (SSSR count). The summed E-state index contributed by atoms with van der Waals surface area (Å²) in [6.07, 6.45) is -0.192. The van der Waals surface area contributed by atoms with Gasteiger partial charge < -0.3 is 15.9 Å². The zero-order valence-corrected chi connectivity index (χ0v) is 15.7. The number of halogens is 1. The first-order valence-electron chi connectivity index (χ1n) is 8.99. The van der Waals surface area contributed by atoms with Gasteiger partial charge in [-0.25, -0.2) is 4.39 Å². The Labute approximate surface area is 162 Å². The Kier molecular flexibility index (Phi) is 5.44. The summed E-state index contributed by atoms with van der Waals surface area (Å²) in [5.74, 6) is -1.08. The number of oxime groups is 1. The van der Waals surface area contributed by atoms with Gasteiger partial charge in [-0.05, 0) is 43.7 Å². The van der Waals surface area contributed by atoms with Gasteiger partial charge in [0.15, 0.2) is 0 Å². The van der Waals surface area contributed by atoms with Crippen LogP contribution in [0.15, 0.2) is 53.7 Å². The first kappa shape index (κ1) is 19.5. The Morgan fingerprint density at radius 3 is 2.61 bits per heavy atom. The smallest absolute Gasteiger partial charge is 0.251 e. The average molecular weight is 383 g/mol. The highest BCUT2D eigenvalue weighted by molar-refractivity contribution is 6.09. The molecule has 7 heteroatoms. The summed E-state index contributed by atoms with van der Waals surface area (Å²) < 4.78 is 13.8. The van der Waals surface area contributed by atoms with Gasteiger partial charge in [0.25, 0.3) is 5.91 Å². The quantitative estimate of drug-likeness (QED) is 0.803. The Morgan fingerprint density at radius 1 is 1.25 bits per heavy atom. The molecule has 0 fully saturated rings. The van der Waals surface area contributed by atoms with Crippen LogP contribution in [0.4, 0.5) is 4.39 Å². The molecule has 146 valence electrons. The molecule has 6 nitrogen and oxygen atoms in total. The SMILES string of the molecule is CC1ON=C(c2ccc(C(=O)NCCC(N)=O)cc2)C1(C)c1cccc(F)c1. The van der Waals surface area contributed by atoms with Crippen LogP contribution in [-0.2, 0) is 15.0 Å². The van der Waals surface area contributed by atoms with Gasteiger partial charge in [0.05, 0.1) is 5.41 Å². The zero-order chi connectivity index (χ0) is 20.3. The van der Waals surface area contributed by atoms with Crippen molar-refractivity contribution in [1.82, 2.24) is 5.32 Å². The van der Waals surface area contributed by atoms with Crippen molar-refractivity contribution in [2.75, 3.05) is 6.54 Å². The number of nitrogens with one attached hydrogen (secondary N) is 1. The van der Waals surface area contributed by atoms with Crippen LogP contribution in [-0.4, -0.2) is 30.2 Å². The fraction of sp³-hybridized carbons (Fsp3) is 0.286. The molecule has 0 aliphatic carbocycles. The second-order valence-electron chi connectivity index (χ2n) is 6.95. The summed E-state index contributed by atoms with van der Waals surface area (Å²) in [4.78, 5) is 28.4. The molecule has 2 aromatic carbocycles. The van der Waals surface area contributed by atoms with Crippen molar-refractivity contribution in [1.29, 1.82) is 0 Å². The van der Waals surface area contributed by atoms with E-state index < -0.39 is 11.3 Å². The van der Waals surface area contributed by atoms with Gasteiger partial charge in [-0.2, -0.15) is 0 Å². The molecule has 0 spiro atoms. The Hall–Kier alpha value is -3.22. The minimum atomic E-state index is -0.632. The molecule has 3 N–H and O–H groups in total. The first-order valence-corrected chi connectivity index (χ1v) is 8.99. The number of nitrogens with zero attached hydrogens (tertiary/aromatic N) is 1. The van der Waals surface area contributed by atoms with E-state index in [4.69, 9.17) is 10.6 Å². The summed E-state index contributed by atoms with van der Waals surface area (Å²) in [6.45, 7) is 4.04. The molecule has 2 amide bonds. The maximum Gasteiger partial charge on any atom is 0.251 e. The summed E-state index contributed by atoms with van der Waals surface area (Å²) in [6, 6.07) is 13.3. The van der Waals surface area contributed by atoms with E-state index >= 15 is 0 Å². The van der Waals surface area contributed by atoms with E-state index in [-0.39, 0.29) is 30.8 Å². The van der Waals surface area contributed by atoms with Gasteiger partial charge in [-0.3, -0.25) is 9.59 Å². The van der Waals surface area contributed by atoms with Gasteiger partial charge in [-0.15, -0.1) is 0 Å². The predicted octanol–water partition coefficient (Wildman–Crippen LogP) is 2.51. The van der Waals surface area contributed by atoms with Crippen LogP contribution >= 0.6 is 0 Å². The molecule has 2 atom stereocenters. The van der Waals surface area contributed by atoms with E-state index in [1.807, 2.05) is 19.9 Å². The summed E-state index contributed by atoms with van der Waals surface area (Å²) in [7, 11) is 0. The third kappa shape index (κ3) is 3.74. The van der Waals surface area contributed by atoms with Gasteiger partial charge in [-0.1, -0.05) is 29.4 Å². The number of hydrogen-bond acceptors (Lipinski definition) is 4. The third-order valence-corrected chi connectivity index (χ3v) is 5.11. The van der Waals surface area contributed by atoms with Crippen LogP contribution in [0.2, 0.25) is 0 Å². The van der Waals surface area contributed by atoms with E-state index in [0.29, 0.717) is 11.3 Å². The highest BCUT2D eigenvalue weighted by atomic mass is 19.1. The third-order valence-electron chi connectivity index (χ3n) is 5.11. The normalized spacial score (nSPS) is 21.0. The van der Waals surface area contributed by atoms with Gasteiger partial charge in [0.1, 0.15) is 17.6 Å². The number of nitrogens with two attached hydrogens (primary N) is 1. The lowest BCUT2D eigenvalue weighted by atomic mass is 9.72. The number of rotatable bonds is 6. The maximum atomic E-state index is 13.8.